The monoisotopic (exact) mass is 594 g/mol. The fourth-order valence-corrected chi connectivity index (χ4v) is 3.52. The maximum Gasteiger partial charge on any atom is 0.416 e. The Hall–Kier alpha value is -4.15. The van der Waals surface area contributed by atoms with Crippen LogP contribution in [0.2, 0.25) is 0 Å². The van der Waals surface area contributed by atoms with Crippen molar-refractivity contribution in [3.8, 4) is 0 Å². The second kappa shape index (κ2) is 12.6. The van der Waals surface area contributed by atoms with Gasteiger partial charge in [-0.25, -0.2) is 18.8 Å². The number of alkyl halides is 8. The number of benzene rings is 1. The highest BCUT2D eigenvalue weighted by atomic mass is 19.4. The van der Waals surface area contributed by atoms with Crippen LogP contribution in [-0.4, -0.2) is 72.1 Å². The summed E-state index contributed by atoms with van der Waals surface area (Å²) in [4.78, 5) is 34.2. The first-order valence-electron chi connectivity index (χ1n) is 11.7. The molecule has 1 aromatic carbocycles. The van der Waals surface area contributed by atoms with Crippen LogP contribution in [-0.2, 0) is 17.1 Å². The third-order valence-electron chi connectivity index (χ3n) is 5.62. The van der Waals surface area contributed by atoms with Crippen molar-refractivity contribution < 1.29 is 49.4 Å². The van der Waals surface area contributed by atoms with Gasteiger partial charge in [0.2, 0.25) is 0 Å². The van der Waals surface area contributed by atoms with Gasteiger partial charge in [-0.2, -0.15) is 26.3 Å². The number of ether oxygens (including phenoxy) is 1. The average Bonchev–Trinajstić information content (AvgIpc) is 2.91. The molecule has 0 radical (unpaired) electrons. The number of halogens is 8. The van der Waals surface area contributed by atoms with E-state index in [9.17, 15) is 44.7 Å². The van der Waals surface area contributed by atoms with Gasteiger partial charge in [0.15, 0.2) is 5.84 Å². The highest BCUT2D eigenvalue weighted by Gasteiger charge is 2.37. The van der Waals surface area contributed by atoms with Crippen LogP contribution >= 0.6 is 0 Å². The summed E-state index contributed by atoms with van der Waals surface area (Å²) in [6.07, 6.45) is -12.6. The molecule has 2 aromatic rings. The van der Waals surface area contributed by atoms with Gasteiger partial charge in [-0.15, -0.1) is 0 Å². The summed E-state index contributed by atoms with van der Waals surface area (Å²) < 4.78 is 110. The molecule has 1 aliphatic heterocycles. The molecule has 1 aromatic heterocycles. The van der Waals surface area contributed by atoms with Crippen LogP contribution in [0, 0.1) is 5.41 Å². The van der Waals surface area contributed by atoms with Gasteiger partial charge in [-0.3, -0.25) is 15.0 Å². The molecule has 41 heavy (non-hydrogen) atoms. The SMILES string of the molecule is CC(NC(=O)c1cc(C(F)(F)F)cc(C(F)(F)F)c1)/C(=N/C(=N)C(F)F)Nc1ccc(C(=O)N2CCOCC2)cn1. The number of morpholine rings is 1. The predicted octanol–water partition coefficient (Wildman–Crippen LogP) is 4.46. The van der Waals surface area contributed by atoms with E-state index in [0.29, 0.717) is 26.3 Å². The smallest absolute Gasteiger partial charge is 0.378 e. The Morgan fingerprint density at radius 1 is 1.00 bits per heavy atom. The fraction of sp³-hybridized carbons (Fsp3) is 0.375. The molecule has 1 saturated heterocycles. The van der Waals surface area contributed by atoms with Crippen LogP contribution in [0.1, 0.15) is 38.8 Å². The topological polar surface area (TPSA) is 120 Å². The van der Waals surface area contributed by atoms with Crippen molar-refractivity contribution >= 4 is 29.3 Å². The second-order valence-corrected chi connectivity index (χ2v) is 8.63. The Kier molecular flexibility index (Phi) is 9.62. The van der Waals surface area contributed by atoms with Gasteiger partial charge in [0.25, 0.3) is 18.2 Å². The molecule has 222 valence electrons. The van der Waals surface area contributed by atoms with Crippen molar-refractivity contribution in [3.05, 3.63) is 58.8 Å². The third kappa shape index (κ3) is 8.42. The van der Waals surface area contributed by atoms with Crippen LogP contribution in [0.3, 0.4) is 0 Å². The summed E-state index contributed by atoms with van der Waals surface area (Å²) in [5, 5.41) is 11.9. The first-order chi connectivity index (χ1) is 19.1. The minimum Gasteiger partial charge on any atom is -0.378 e. The molecule has 1 unspecified atom stereocenters. The van der Waals surface area contributed by atoms with Crippen molar-refractivity contribution in [1.29, 1.82) is 5.41 Å². The molecule has 2 amide bonds. The number of carbonyl (C=O) groups is 2. The molecule has 17 heteroatoms. The number of carbonyl (C=O) groups excluding carboxylic acids is 2. The number of hydrogen-bond donors (Lipinski definition) is 3. The highest BCUT2D eigenvalue weighted by Crippen LogP contribution is 2.36. The molecule has 9 nitrogen and oxygen atoms in total. The van der Waals surface area contributed by atoms with E-state index in [1.54, 1.807) is 0 Å². The lowest BCUT2D eigenvalue weighted by atomic mass is 10.0. The number of rotatable bonds is 6. The Balaban J connectivity index is 1.84. The number of pyridine rings is 1. The molecule has 0 saturated carbocycles. The molecule has 2 heterocycles. The van der Waals surface area contributed by atoms with E-state index in [0.717, 1.165) is 6.92 Å². The van der Waals surface area contributed by atoms with Crippen molar-refractivity contribution in [1.82, 2.24) is 15.2 Å². The molecule has 3 rings (SSSR count). The molecular weight excluding hydrogens is 572 g/mol. The van der Waals surface area contributed by atoms with Crippen LogP contribution in [0.15, 0.2) is 41.5 Å². The van der Waals surface area contributed by atoms with E-state index in [1.807, 2.05) is 0 Å². The van der Waals surface area contributed by atoms with E-state index in [-0.39, 0.29) is 35.5 Å². The van der Waals surface area contributed by atoms with Crippen LogP contribution < -0.4 is 10.6 Å². The number of aliphatic imine (C=N–C) groups is 1. The zero-order chi connectivity index (χ0) is 30.5. The standard InChI is InChI=1S/C24H22F8N6O3/c1-12(35-21(39)14-8-15(23(27,28)29)10-16(9-14)24(30,31)32)20(37-19(33)18(25)26)36-17-3-2-13(11-34-17)22(40)38-4-6-41-7-5-38/h2-3,8-12,18H,4-7H2,1H3,(H,35,39)(H2,33,34,36,37). The van der Waals surface area contributed by atoms with E-state index in [2.05, 4.69) is 20.6 Å². The van der Waals surface area contributed by atoms with Crippen molar-refractivity contribution in [2.24, 2.45) is 4.99 Å². The summed E-state index contributed by atoms with van der Waals surface area (Å²) >= 11 is 0. The Morgan fingerprint density at radius 2 is 1.59 bits per heavy atom. The minimum absolute atomic E-state index is 0.0798. The molecule has 0 aliphatic carbocycles. The zero-order valence-corrected chi connectivity index (χ0v) is 21.0. The van der Waals surface area contributed by atoms with Gasteiger partial charge in [-0.05, 0) is 37.3 Å². The first kappa shape index (κ1) is 31.4. The van der Waals surface area contributed by atoms with Gasteiger partial charge in [0.05, 0.1) is 35.9 Å². The molecule has 1 fully saturated rings. The third-order valence-corrected chi connectivity index (χ3v) is 5.62. The van der Waals surface area contributed by atoms with Crippen LogP contribution in [0.5, 0.6) is 0 Å². The summed E-state index contributed by atoms with van der Waals surface area (Å²) in [6.45, 7) is 2.57. The predicted molar refractivity (Wildman–Crippen MR) is 129 cm³/mol. The molecule has 3 N–H and O–H groups in total. The van der Waals surface area contributed by atoms with Crippen LogP contribution in [0.4, 0.5) is 40.9 Å². The average molecular weight is 594 g/mol. The molecule has 0 bridgehead atoms. The highest BCUT2D eigenvalue weighted by molar-refractivity contribution is 6.08. The lowest BCUT2D eigenvalue weighted by molar-refractivity contribution is -0.143. The number of nitrogens with zero attached hydrogens (tertiary/aromatic N) is 3. The molecule has 1 aliphatic rings. The molecular formula is C24H22F8N6O3. The Labute approximate surface area is 227 Å². The van der Waals surface area contributed by atoms with Crippen molar-refractivity contribution in [2.45, 2.75) is 31.7 Å². The van der Waals surface area contributed by atoms with E-state index in [1.165, 1.54) is 23.2 Å². The minimum atomic E-state index is -5.20. The van der Waals surface area contributed by atoms with Gasteiger partial charge < -0.3 is 20.3 Å². The fourth-order valence-electron chi connectivity index (χ4n) is 3.52. The van der Waals surface area contributed by atoms with E-state index in [4.69, 9.17) is 10.1 Å². The maximum atomic E-state index is 13.2. The van der Waals surface area contributed by atoms with E-state index >= 15 is 0 Å². The summed E-state index contributed by atoms with van der Waals surface area (Å²) in [5.74, 6) is -3.83. The zero-order valence-electron chi connectivity index (χ0n) is 21.0. The lowest BCUT2D eigenvalue weighted by Crippen LogP contribution is -2.42. The number of anilines is 1. The number of nitrogens with one attached hydrogen (secondary N) is 3. The van der Waals surface area contributed by atoms with Gasteiger partial charge in [0.1, 0.15) is 11.7 Å². The van der Waals surface area contributed by atoms with Crippen molar-refractivity contribution in [3.63, 3.8) is 0 Å². The number of amidine groups is 2. The van der Waals surface area contributed by atoms with Gasteiger partial charge in [0, 0.05) is 24.8 Å². The number of amides is 2. The maximum absolute atomic E-state index is 13.2. The van der Waals surface area contributed by atoms with Gasteiger partial charge in [-0.1, -0.05) is 0 Å². The second-order valence-electron chi connectivity index (χ2n) is 8.63. The Bertz CT molecular complexity index is 1270. The summed E-state index contributed by atoms with van der Waals surface area (Å²) in [6, 6.07) is 1.43. The number of aromatic nitrogens is 1. The molecule has 0 spiro atoms. The van der Waals surface area contributed by atoms with E-state index < -0.39 is 59.1 Å². The van der Waals surface area contributed by atoms with Gasteiger partial charge >= 0.3 is 12.4 Å². The first-order valence-corrected chi connectivity index (χ1v) is 11.7. The largest absolute Gasteiger partial charge is 0.416 e. The molecule has 1 atom stereocenters. The summed E-state index contributed by atoms with van der Waals surface area (Å²) in [7, 11) is 0. The quantitative estimate of drug-likeness (QED) is 0.259. The number of hydrogen-bond acceptors (Lipinski definition) is 5. The van der Waals surface area contributed by atoms with Crippen LogP contribution in [0.25, 0.3) is 0 Å². The van der Waals surface area contributed by atoms with Crippen molar-refractivity contribution in [2.75, 3.05) is 31.6 Å². The Morgan fingerprint density at radius 3 is 2.07 bits per heavy atom. The normalized spacial score (nSPS) is 15.5. The summed E-state index contributed by atoms with van der Waals surface area (Å²) in [5.41, 5.74) is -4.28. The lowest BCUT2D eigenvalue weighted by Gasteiger charge is -2.26.